The van der Waals surface area contributed by atoms with Crippen molar-refractivity contribution in [3.63, 3.8) is 0 Å². The van der Waals surface area contributed by atoms with Gasteiger partial charge in [-0.1, -0.05) is 18.2 Å². The zero-order chi connectivity index (χ0) is 14.9. The van der Waals surface area contributed by atoms with Gasteiger partial charge in [0.15, 0.2) is 0 Å². The van der Waals surface area contributed by atoms with E-state index in [-0.39, 0.29) is 11.5 Å². The Morgan fingerprint density at radius 1 is 1.14 bits per heavy atom. The van der Waals surface area contributed by atoms with Crippen molar-refractivity contribution in [2.75, 3.05) is 4.72 Å². The van der Waals surface area contributed by atoms with E-state index in [4.69, 9.17) is 0 Å². The van der Waals surface area contributed by atoms with Crippen LogP contribution in [-0.4, -0.2) is 18.5 Å². The van der Waals surface area contributed by atoms with Gasteiger partial charge in [0.2, 0.25) is 0 Å². The van der Waals surface area contributed by atoms with Gasteiger partial charge in [-0.2, -0.15) is 0 Å². The molecule has 0 aliphatic rings. The fraction of sp³-hybridized carbons (Fsp3) is 0.0714. The summed E-state index contributed by atoms with van der Waals surface area (Å²) >= 11 is 1.28. The van der Waals surface area contributed by atoms with Crippen LogP contribution in [-0.2, 0) is 16.6 Å². The number of sulfonamides is 1. The topological polar surface area (TPSA) is 79.3 Å². The van der Waals surface area contributed by atoms with E-state index in [0.717, 1.165) is 4.70 Å². The molecule has 0 saturated heterocycles. The van der Waals surface area contributed by atoms with Gasteiger partial charge in [0, 0.05) is 22.5 Å². The number of pyridine rings is 1. The van der Waals surface area contributed by atoms with Crippen LogP contribution in [0.2, 0.25) is 0 Å². The van der Waals surface area contributed by atoms with Crippen LogP contribution in [0.25, 0.3) is 10.1 Å². The third kappa shape index (κ3) is 2.63. The molecule has 0 bridgehead atoms. The second-order valence-electron chi connectivity index (χ2n) is 4.35. The van der Waals surface area contributed by atoms with E-state index in [1.54, 1.807) is 24.3 Å². The van der Waals surface area contributed by atoms with Gasteiger partial charge >= 0.3 is 0 Å². The van der Waals surface area contributed by atoms with E-state index in [1.165, 1.54) is 23.7 Å². The maximum absolute atomic E-state index is 12.6. The van der Waals surface area contributed by atoms with Gasteiger partial charge in [0.1, 0.15) is 4.90 Å². The lowest BCUT2D eigenvalue weighted by Crippen LogP contribution is -2.14. The highest BCUT2D eigenvalue weighted by Gasteiger charge is 2.24. The van der Waals surface area contributed by atoms with Gasteiger partial charge < -0.3 is 5.11 Å². The second-order valence-corrected chi connectivity index (χ2v) is 7.11. The summed E-state index contributed by atoms with van der Waals surface area (Å²) in [5.74, 6) is 0. The molecule has 2 heterocycles. The maximum atomic E-state index is 12.6. The number of thiophene rings is 1. The zero-order valence-electron chi connectivity index (χ0n) is 10.9. The highest BCUT2D eigenvalue weighted by molar-refractivity contribution is 7.93. The minimum absolute atomic E-state index is 0.141. The predicted molar refractivity (Wildman–Crippen MR) is 82.8 cm³/mol. The molecule has 0 atom stereocenters. The molecular formula is C14H12N2O3S2. The number of fused-ring (bicyclic) bond motifs is 1. The minimum Gasteiger partial charge on any atom is -0.391 e. The van der Waals surface area contributed by atoms with Gasteiger partial charge in [0.25, 0.3) is 10.0 Å². The number of aromatic nitrogens is 1. The Bertz CT molecular complexity index is 874. The quantitative estimate of drug-likeness (QED) is 0.774. The first-order valence-electron chi connectivity index (χ1n) is 6.16. The smallest absolute Gasteiger partial charge is 0.263 e. The highest BCUT2D eigenvalue weighted by atomic mass is 32.2. The second kappa shape index (κ2) is 5.44. The molecule has 0 aliphatic heterocycles. The van der Waals surface area contributed by atoms with Crippen LogP contribution in [0.4, 0.5) is 5.69 Å². The molecule has 0 unspecified atom stereocenters. The summed E-state index contributed by atoms with van der Waals surface area (Å²) in [6, 6.07) is 10.3. The molecule has 0 saturated carbocycles. The van der Waals surface area contributed by atoms with Gasteiger partial charge in [-0.05, 0) is 18.2 Å². The Morgan fingerprint density at radius 3 is 2.57 bits per heavy atom. The fourth-order valence-corrected chi connectivity index (χ4v) is 4.96. The van der Waals surface area contributed by atoms with E-state index in [2.05, 4.69) is 9.71 Å². The molecule has 0 aliphatic carbocycles. The van der Waals surface area contributed by atoms with Crippen LogP contribution in [0.5, 0.6) is 0 Å². The van der Waals surface area contributed by atoms with Crippen molar-refractivity contribution in [1.29, 1.82) is 0 Å². The average Bonchev–Trinajstić information content (AvgIpc) is 2.87. The van der Waals surface area contributed by atoms with Gasteiger partial charge in [-0.25, -0.2) is 8.42 Å². The summed E-state index contributed by atoms with van der Waals surface area (Å²) in [7, 11) is -3.77. The summed E-state index contributed by atoms with van der Waals surface area (Å²) in [5, 5.41) is 10.1. The van der Waals surface area contributed by atoms with Crippen LogP contribution in [0.15, 0.2) is 53.7 Å². The number of aliphatic hydroxyl groups excluding tert-OH is 1. The van der Waals surface area contributed by atoms with Gasteiger partial charge in [0.05, 0.1) is 17.2 Å². The average molecular weight is 320 g/mol. The van der Waals surface area contributed by atoms with Crippen molar-refractivity contribution in [2.24, 2.45) is 0 Å². The molecule has 0 fully saturated rings. The van der Waals surface area contributed by atoms with E-state index in [1.807, 2.05) is 12.1 Å². The summed E-state index contributed by atoms with van der Waals surface area (Å²) in [5.41, 5.74) is 0.434. The predicted octanol–water partition coefficient (Wildman–Crippen LogP) is 2.59. The molecule has 7 heteroatoms. The first-order chi connectivity index (χ1) is 10.1. The number of nitrogens with one attached hydrogen (secondary N) is 1. The van der Waals surface area contributed by atoms with Gasteiger partial charge in [-0.15, -0.1) is 11.3 Å². The van der Waals surface area contributed by atoms with Crippen molar-refractivity contribution >= 4 is 37.1 Å². The fourth-order valence-electron chi connectivity index (χ4n) is 2.10. The number of hydrogen-bond acceptors (Lipinski definition) is 5. The third-order valence-corrected chi connectivity index (χ3v) is 5.76. The summed E-state index contributed by atoms with van der Waals surface area (Å²) < 4.78 is 28.6. The Hall–Kier alpha value is -1.96. The molecule has 0 amide bonds. The van der Waals surface area contributed by atoms with Crippen molar-refractivity contribution in [2.45, 2.75) is 11.5 Å². The largest absolute Gasteiger partial charge is 0.391 e. The lowest BCUT2D eigenvalue weighted by Gasteiger charge is -2.08. The number of rotatable bonds is 4. The Labute approximate surface area is 125 Å². The van der Waals surface area contributed by atoms with Crippen LogP contribution in [0.1, 0.15) is 4.88 Å². The van der Waals surface area contributed by atoms with Crippen molar-refractivity contribution in [3.05, 3.63) is 53.7 Å². The Morgan fingerprint density at radius 2 is 1.86 bits per heavy atom. The molecular weight excluding hydrogens is 308 g/mol. The maximum Gasteiger partial charge on any atom is 0.263 e. The Kier molecular flexibility index (Phi) is 3.62. The summed E-state index contributed by atoms with van der Waals surface area (Å²) in [6.07, 6.45) is 3.02. The van der Waals surface area contributed by atoms with Crippen molar-refractivity contribution in [1.82, 2.24) is 4.98 Å². The summed E-state index contributed by atoms with van der Waals surface area (Å²) in [4.78, 5) is 4.42. The minimum atomic E-state index is -3.77. The third-order valence-electron chi connectivity index (χ3n) is 2.96. The molecule has 108 valence electrons. The molecule has 2 N–H and O–H groups in total. The molecule has 21 heavy (non-hydrogen) atoms. The molecule has 0 radical (unpaired) electrons. The van der Waals surface area contributed by atoms with E-state index >= 15 is 0 Å². The standard InChI is InChI=1S/C14H12N2O3S2/c17-9-13-14(11-3-1-2-4-12(11)20-13)21(18,19)16-10-5-7-15-8-6-10/h1-8,17H,9H2,(H,15,16). The number of anilines is 1. The first-order valence-corrected chi connectivity index (χ1v) is 8.46. The number of nitrogens with zero attached hydrogens (tertiary/aromatic N) is 1. The highest BCUT2D eigenvalue weighted by Crippen LogP contribution is 2.35. The summed E-state index contributed by atoms with van der Waals surface area (Å²) in [6.45, 7) is -0.314. The van der Waals surface area contributed by atoms with Gasteiger partial charge in [-0.3, -0.25) is 9.71 Å². The lowest BCUT2D eigenvalue weighted by molar-refractivity contribution is 0.283. The van der Waals surface area contributed by atoms with Crippen LogP contribution in [0, 0.1) is 0 Å². The van der Waals surface area contributed by atoms with Crippen LogP contribution < -0.4 is 4.72 Å². The lowest BCUT2D eigenvalue weighted by atomic mass is 10.2. The molecule has 5 nitrogen and oxygen atoms in total. The first kappa shape index (κ1) is 14.0. The molecule has 3 rings (SSSR count). The molecule has 0 spiro atoms. The number of aliphatic hydroxyl groups is 1. The van der Waals surface area contributed by atoms with Crippen molar-refractivity contribution in [3.8, 4) is 0 Å². The van der Waals surface area contributed by atoms with E-state index in [9.17, 15) is 13.5 Å². The number of hydrogen-bond donors (Lipinski definition) is 2. The molecule has 1 aromatic carbocycles. The van der Waals surface area contributed by atoms with Crippen LogP contribution in [0.3, 0.4) is 0 Å². The molecule has 3 aromatic rings. The van der Waals surface area contributed by atoms with Crippen molar-refractivity contribution < 1.29 is 13.5 Å². The normalized spacial score (nSPS) is 11.7. The van der Waals surface area contributed by atoms with E-state index < -0.39 is 10.0 Å². The monoisotopic (exact) mass is 320 g/mol. The molecule has 2 aromatic heterocycles. The number of benzene rings is 1. The Balaban J connectivity index is 2.14. The van der Waals surface area contributed by atoms with E-state index in [0.29, 0.717) is 16.0 Å². The SMILES string of the molecule is O=S(=O)(Nc1ccncc1)c1c(CO)sc2ccccc12. The van der Waals surface area contributed by atoms with Crippen LogP contribution >= 0.6 is 11.3 Å². The zero-order valence-corrected chi connectivity index (χ0v) is 12.5.